The summed E-state index contributed by atoms with van der Waals surface area (Å²) in [6, 6.07) is 22.4. The molecule has 3 aromatic rings. The van der Waals surface area contributed by atoms with Gasteiger partial charge in [0.2, 0.25) is 11.8 Å². The molecule has 3 atom stereocenters. The van der Waals surface area contributed by atoms with Gasteiger partial charge < -0.3 is 25.4 Å². The molecule has 0 aromatic heterocycles. The van der Waals surface area contributed by atoms with Gasteiger partial charge in [0.25, 0.3) is 0 Å². The molecular weight excluding hydrogens is 510 g/mol. The molecule has 40 heavy (non-hydrogen) atoms. The SMILES string of the molecule is C[C@H](NC(=O)OCC1c2ccccc2-c2ccccc21)C(=O)N[C@@H](C)C(=O)N[C@@H](C)C(=O)OCc1ccccc1. The predicted molar refractivity (Wildman–Crippen MR) is 149 cm³/mol. The van der Waals surface area contributed by atoms with Gasteiger partial charge in [-0.05, 0) is 48.6 Å². The van der Waals surface area contributed by atoms with E-state index in [2.05, 4.69) is 16.0 Å². The van der Waals surface area contributed by atoms with Crippen LogP contribution in [0, 0.1) is 0 Å². The summed E-state index contributed by atoms with van der Waals surface area (Å²) in [6.07, 6.45) is -0.739. The van der Waals surface area contributed by atoms with Gasteiger partial charge in [0.1, 0.15) is 31.3 Å². The highest BCUT2D eigenvalue weighted by molar-refractivity contribution is 5.92. The van der Waals surface area contributed by atoms with Crippen molar-refractivity contribution in [1.29, 1.82) is 0 Å². The van der Waals surface area contributed by atoms with Crippen molar-refractivity contribution < 1.29 is 28.7 Å². The Hall–Kier alpha value is -4.66. The van der Waals surface area contributed by atoms with Gasteiger partial charge in [-0.15, -0.1) is 0 Å². The zero-order valence-corrected chi connectivity index (χ0v) is 22.7. The van der Waals surface area contributed by atoms with E-state index < -0.39 is 42.0 Å². The zero-order chi connectivity index (χ0) is 28.6. The minimum Gasteiger partial charge on any atom is -0.459 e. The van der Waals surface area contributed by atoms with Crippen LogP contribution in [0.3, 0.4) is 0 Å². The van der Waals surface area contributed by atoms with E-state index >= 15 is 0 Å². The Bertz CT molecular complexity index is 1330. The highest BCUT2D eigenvalue weighted by Gasteiger charge is 2.30. The van der Waals surface area contributed by atoms with Gasteiger partial charge >= 0.3 is 12.1 Å². The van der Waals surface area contributed by atoms with Crippen molar-refractivity contribution in [2.75, 3.05) is 6.61 Å². The smallest absolute Gasteiger partial charge is 0.407 e. The van der Waals surface area contributed by atoms with Crippen LogP contribution in [0.25, 0.3) is 11.1 Å². The monoisotopic (exact) mass is 543 g/mol. The molecule has 0 saturated heterocycles. The number of esters is 1. The minimum atomic E-state index is -0.959. The maximum Gasteiger partial charge on any atom is 0.407 e. The zero-order valence-electron chi connectivity index (χ0n) is 22.7. The van der Waals surface area contributed by atoms with Crippen LogP contribution in [0.1, 0.15) is 43.4 Å². The number of fused-ring (bicyclic) bond motifs is 3. The van der Waals surface area contributed by atoms with E-state index in [0.717, 1.165) is 27.8 Å². The number of benzene rings is 3. The fourth-order valence-electron chi connectivity index (χ4n) is 4.54. The van der Waals surface area contributed by atoms with E-state index in [1.165, 1.54) is 20.8 Å². The van der Waals surface area contributed by atoms with Crippen molar-refractivity contribution >= 4 is 23.9 Å². The highest BCUT2D eigenvalue weighted by atomic mass is 16.5. The average molecular weight is 544 g/mol. The first-order valence-electron chi connectivity index (χ1n) is 13.2. The summed E-state index contributed by atoms with van der Waals surface area (Å²) in [6.45, 7) is 4.68. The molecule has 1 aliphatic rings. The molecule has 0 unspecified atom stereocenters. The summed E-state index contributed by atoms with van der Waals surface area (Å²) < 4.78 is 10.7. The van der Waals surface area contributed by atoms with Crippen molar-refractivity contribution in [3.8, 4) is 11.1 Å². The standard InChI is InChI=1S/C31H33N3O6/c1-19(28(35)33-21(3)30(37)39-17-22-11-5-4-6-12-22)32-29(36)20(2)34-31(38)40-18-27-25-15-9-7-13-23(25)24-14-8-10-16-26(24)27/h4-16,19-21,27H,17-18H2,1-3H3,(H,32,36)(H,33,35)(H,34,38)/t19-,20-,21-/m0/s1. The molecule has 0 saturated carbocycles. The molecule has 0 bridgehead atoms. The Morgan fingerprint density at radius 1 is 0.650 bits per heavy atom. The third-order valence-corrected chi connectivity index (χ3v) is 6.76. The van der Waals surface area contributed by atoms with Crippen LogP contribution in [0.4, 0.5) is 4.79 Å². The molecule has 4 rings (SSSR count). The number of ether oxygens (including phenoxy) is 2. The molecule has 9 heteroatoms. The quantitative estimate of drug-likeness (QED) is 0.336. The molecule has 1 aliphatic carbocycles. The Balaban J connectivity index is 1.21. The van der Waals surface area contributed by atoms with Gasteiger partial charge in [-0.1, -0.05) is 78.9 Å². The summed E-state index contributed by atoms with van der Waals surface area (Å²) >= 11 is 0. The summed E-state index contributed by atoms with van der Waals surface area (Å²) in [7, 11) is 0. The molecular formula is C31H33N3O6. The van der Waals surface area contributed by atoms with E-state index in [9.17, 15) is 19.2 Å². The van der Waals surface area contributed by atoms with Gasteiger partial charge in [0.05, 0.1) is 0 Å². The lowest BCUT2D eigenvalue weighted by Gasteiger charge is -2.20. The van der Waals surface area contributed by atoms with Crippen molar-refractivity contribution in [2.45, 2.75) is 51.4 Å². The van der Waals surface area contributed by atoms with E-state index in [1.54, 1.807) is 0 Å². The van der Waals surface area contributed by atoms with Gasteiger partial charge in [0, 0.05) is 5.92 Å². The Morgan fingerprint density at radius 3 is 1.75 bits per heavy atom. The predicted octanol–water partition coefficient (Wildman–Crippen LogP) is 3.67. The van der Waals surface area contributed by atoms with Gasteiger partial charge in [-0.3, -0.25) is 9.59 Å². The van der Waals surface area contributed by atoms with Crippen LogP contribution < -0.4 is 16.0 Å². The Morgan fingerprint density at radius 2 is 1.15 bits per heavy atom. The Kier molecular flexibility index (Phi) is 9.16. The first-order valence-corrected chi connectivity index (χ1v) is 13.2. The van der Waals surface area contributed by atoms with Crippen LogP contribution in [0.15, 0.2) is 78.9 Å². The van der Waals surface area contributed by atoms with Gasteiger partial charge in [0.15, 0.2) is 0 Å². The molecule has 0 heterocycles. The fraction of sp³-hybridized carbons (Fsp3) is 0.290. The molecule has 3 amide bonds. The number of rotatable bonds is 10. The second-order valence-corrected chi connectivity index (χ2v) is 9.75. The molecule has 0 spiro atoms. The number of carbonyl (C=O) groups is 4. The van der Waals surface area contributed by atoms with E-state index in [-0.39, 0.29) is 19.1 Å². The normalized spacial score (nSPS) is 14.1. The van der Waals surface area contributed by atoms with Gasteiger partial charge in [-0.25, -0.2) is 9.59 Å². The average Bonchev–Trinajstić information content (AvgIpc) is 3.28. The Labute approximate surface area is 233 Å². The van der Waals surface area contributed by atoms with Crippen LogP contribution in [-0.4, -0.2) is 48.6 Å². The van der Waals surface area contributed by atoms with Crippen molar-refractivity contribution in [1.82, 2.24) is 16.0 Å². The third-order valence-electron chi connectivity index (χ3n) is 6.76. The third kappa shape index (κ3) is 6.85. The molecule has 0 fully saturated rings. The van der Waals surface area contributed by atoms with Crippen LogP contribution in [0.5, 0.6) is 0 Å². The molecule has 0 aliphatic heterocycles. The summed E-state index contributed by atoms with van der Waals surface area (Å²) in [4.78, 5) is 49.9. The molecule has 3 N–H and O–H groups in total. The molecule has 208 valence electrons. The van der Waals surface area contributed by atoms with Crippen molar-refractivity contribution in [2.24, 2.45) is 0 Å². The lowest BCUT2D eigenvalue weighted by atomic mass is 9.98. The first kappa shape index (κ1) is 28.4. The number of hydrogen-bond donors (Lipinski definition) is 3. The number of amides is 3. The number of carbonyl (C=O) groups excluding carboxylic acids is 4. The maximum atomic E-state index is 12.6. The van der Waals surface area contributed by atoms with Crippen LogP contribution >= 0.6 is 0 Å². The second-order valence-electron chi connectivity index (χ2n) is 9.75. The lowest BCUT2D eigenvalue weighted by Crippen LogP contribution is -2.53. The van der Waals surface area contributed by atoms with Crippen molar-refractivity contribution in [3.63, 3.8) is 0 Å². The topological polar surface area (TPSA) is 123 Å². The van der Waals surface area contributed by atoms with Crippen LogP contribution in [-0.2, 0) is 30.5 Å². The van der Waals surface area contributed by atoms with Gasteiger partial charge in [-0.2, -0.15) is 0 Å². The van der Waals surface area contributed by atoms with E-state index in [4.69, 9.17) is 9.47 Å². The lowest BCUT2D eigenvalue weighted by molar-refractivity contribution is -0.148. The number of hydrogen-bond acceptors (Lipinski definition) is 6. The minimum absolute atomic E-state index is 0.0885. The summed E-state index contributed by atoms with van der Waals surface area (Å²) in [5, 5.41) is 7.57. The van der Waals surface area contributed by atoms with E-state index in [1.807, 2.05) is 78.9 Å². The number of alkyl carbamates (subject to hydrolysis) is 1. The van der Waals surface area contributed by atoms with Crippen LogP contribution in [0.2, 0.25) is 0 Å². The summed E-state index contributed by atoms with van der Waals surface area (Å²) in [5.74, 6) is -1.84. The molecule has 3 aromatic carbocycles. The summed E-state index contributed by atoms with van der Waals surface area (Å²) in [5.41, 5.74) is 5.23. The largest absolute Gasteiger partial charge is 0.459 e. The highest BCUT2D eigenvalue weighted by Crippen LogP contribution is 2.44. The van der Waals surface area contributed by atoms with Crippen molar-refractivity contribution in [3.05, 3.63) is 95.6 Å². The maximum absolute atomic E-state index is 12.6. The molecule has 9 nitrogen and oxygen atoms in total. The second kappa shape index (κ2) is 12.9. The number of nitrogens with one attached hydrogen (secondary N) is 3. The fourth-order valence-corrected chi connectivity index (χ4v) is 4.54. The van der Waals surface area contributed by atoms with E-state index in [0.29, 0.717) is 0 Å². The first-order chi connectivity index (χ1) is 19.2. The molecule has 0 radical (unpaired) electrons.